The molecule has 0 unspecified atom stereocenters. The number of benzene rings is 2. The maximum absolute atomic E-state index is 12.5. The molecular weight excluding hydrogens is 446 g/mol. The maximum Gasteiger partial charge on any atom is 0.416 e. The Labute approximate surface area is 161 Å². The number of ether oxygens (including phenoxy) is 1. The van der Waals surface area contributed by atoms with Crippen LogP contribution in [0.15, 0.2) is 53.5 Å². The standard InChI is InChI=1S/C17H18F3N3O.HI/c1-24-15-5-3-2-4-14(15)23-16(21)22-11-10-12-6-8-13(9-7-12)17(18,19)20;/h2-9H,10-11H2,1H3,(H3,21,22,23);1H. The number of rotatable bonds is 5. The van der Waals surface area contributed by atoms with Crippen LogP contribution in [0, 0.1) is 0 Å². The lowest BCUT2D eigenvalue weighted by Gasteiger charge is -2.10. The van der Waals surface area contributed by atoms with Crippen LogP contribution < -0.4 is 15.8 Å². The van der Waals surface area contributed by atoms with Crippen molar-refractivity contribution in [1.29, 1.82) is 0 Å². The predicted molar refractivity (Wildman–Crippen MR) is 104 cm³/mol. The summed E-state index contributed by atoms with van der Waals surface area (Å²) in [6.45, 7) is 0.360. The van der Waals surface area contributed by atoms with E-state index >= 15 is 0 Å². The lowest BCUT2D eigenvalue weighted by atomic mass is 10.1. The molecule has 0 aromatic heterocycles. The van der Waals surface area contributed by atoms with Crippen LogP contribution in [-0.4, -0.2) is 19.6 Å². The topological polar surface area (TPSA) is 59.6 Å². The second-order valence-electron chi connectivity index (χ2n) is 5.04. The number of hydrogen-bond donors (Lipinski definition) is 2. The number of methoxy groups -OCH3 is 1. The average molecular weight is 465 g/mol. The van der Waals surface area contributed by atoms with Crippen LogP contribution in [0.25, 0.3) is 0 Å². The molecule has 0 bridgehead atoms. The first kappa shape index (κ1) is 21.1. The highest BCUT2D eigenvalue weighted by Gasteiger charge is 2.29. The summed E-state index contributed by atoms with van der Waals surface area (Å²) < 4.78 is 42.7. The maximum atomic E-state index is 12.5. The summed E-state index contributed by atoms with van der Waals surface area (Å²) in [5.74, 6) is 0.852. The number of nitrogens with one attached hydrogen (secondary N) is 1. The van der Waals surface area contributed by atoms with E-state index in [4.69, 9.17) is 10.5 Å². The Morgan fingerprint density at radius 3 is 2.36 bits per heavy atom. The van der Waals surface area contributed by atoms with Gasteiger partial charge in [0.15, 0.2) is 5.96 Å². The zero-order valence-corrected chi connectivity index (χ0v) is 15.8. The summed E-state index contributed by atoms with van der Waals surface area (Å²) in [5.41, 5.74) is 6.60. The van der Waals surface area contributed by atoms with Gasteiger partial charge in [-0.25, -0.2) is 0 Å². The Morgan fingerprint density at radius 1 is 1.12 bits per heavy atom. The van der Waals surface area contributed by atoms with Crippen LogP contribution in [-0.2, 0) is 12.6 Å². The molecule has 0 atom stereocenters. The van der Waals surface area contributed by atoms with Crippen LogP contribution in [0.5, 0.6) is 5.75 Å². The van der Waals surface area contributed by atoms with Gasteiger partial charge in [-0.1, -0.05) is 24.3 Å². The number of alkyl halides is 3. The van der Waals surface area contributed by atoms with Gasteiger partial charge >= 0.3 is 6.18 Å². The van der Waals surface area contributed by atoms with Crippen molar-refractivity contribution < 1.29 is 17.9 Å². The van der Waals surface area contributed by atoms with Crippen molar-refractivity contribution in [3.05, 3.63) is 59.7 Å². The van der Waals surface area contributed by atoms with Gasteiger partial charge in [0.1, 0.15) is 5.75 Å². The largest absolute Gasteiger partial charge is 0.495 e. The van der Waals surface area contributed by atoms with Crippen LogP contribution in [0.1, 0.15) is 11.1 Å². The van der Waals surface area contributed by atoms with Crippen LogP contribution in [0.2, 0.25) is 0 Å². The zero-order chi connectivity index (χ0) is 17.6. The quantitative estimate of drug-likeness (QED) is 0.394. The molecule has 0 aliphatic rings. The normalized spacial score (nSPS) is 11.6. The Morgan fingerprint density at radius 2 is 1.76 bits per heavy atom. The van der Waals surface area contributed by atoms with Gasteiger partial charge in [-0.2, -0.15) is 13.2 Å². The van der Waals surface area contributed by atoms with Gasteiger partial charge in [0.25, 0.3) is 0 Å². The second-order valence-corrected chi connectivity index (χ2v) is 5.04. The Hall–Kier alpha value is -1.97. The van der Waals surface area contributed by atoms with E-state index in [9.17, 15) is 13.2 Å². The zero-order valence-electron chi connectivity index (χ0n) is 13.5. The fourth-order valence-corrected chi connectivity index (χ4v) is 2.09. The predicted octanol–water partition coefficient (Wildman–Crippen LogP) is 4.30. The third kappa shape index (κ3) is 6.45. The van der Waals surface area contributed by atoms with Crippen molar-refractivity contribution in [2.45, 2.75) is 12.6 Å². The summed E-state index contributed by atoms with van der Waals surface area (Å²) in [4.78, 5) is 4.17. The summed E-state index contributed by atoms with van der Waals surface area (Å²) in [7, 11) is 1.55. The first-order valence-electron chi connectivity index (χ1n) is 7.26. The molecule has 0 amide bonds. The third-order valence-electron chi connectivity index (χ3n) is 3.33. The highest BCUT2D eigenvalue weighted by molar-refractivity contribution is 14.0. The Kier molecular flexibility index (Phi) is 8.01. The molecule has 4 nitrogen and oxygen atoms in total. The highest BCUT2D eigenvalue weighted by atomic mass is 127. The summed E-state index contributed by atoms with van der Waals surface area (Å²) in [5, 5.41) is 2.93. The monoisotopic (exact) mass is 465 g/mol. The molecule has 0 aliphatic heterocycles. The van der Waals surface area contributed by atoms with Gasteiger partial charge < -0.3 is 15.8 Å². The number of guanidine groups is 1. The minimum absolute atomic E-state index is 0. The first-order chi connectivity index (χ1) is 11.4. The van der Waals surface area contributed by atoms with E-state index < -0.39 is 11.7 Å². The SMILES string of the molecule is COc1ccccc1NC(N)=NCCc1ccc(C(F)(F)F)cc1.I. The lowest BCUT2D eigenvalue weighted by Crippen LogP contribution is -2.23. The van der Waals surface area contributed by atoms with Crippen LogP contribution in [0.3, 0.4) is 0 Å². The Balaban J connectivity index is 0.00000312. The van der Waals surface area contributed by atoms with Crippen LogP contribution >= 0.6 is 24.0 Å². The van der Waals surface area contributed by atoms with Crippen molar-refractivity contribution in [2.75, 3.05) is 19.0 Å². The van der Waals surface area contributed by atoms with E-state index in [0.29, 0.717) is 24.4 Å². The minimum Gasteiger partial charge on any atom is -0.495 e. The number of nitrogens with two attached hydrogens (primary N) is 1. The van der Waals surface area contributed by atoms with Gasteiger partial charge in [0.05, 0.1) is 18.4 Å². The number of aliphatic imine (C=N–C) groups is 1. The van der Waals surface area contributed by atoms with Crippen molar-refractivity contribution in [3.8, 4) is 5.75 Å². The molecule has 2 aromatic rings. The fraction of sp³-hybridized carbons (Fsp3) is 0.235. The van der Waals surface area contributed by atoms with Gasteiger partial charge in [0.2, 0.25) is 0 Å². The third-order valence-corrected chi connectivity index (χ3v) is 3.33. The van der Waals surface area contributed by atoms with E-state index in [1.165, 1.54) is 12.1 Å². The second kappa shape index (κ2) is 9.50. The van der Waals surface area contributed by atoms with E-state index in [2.05, 4.69) is 10.3 Å². The van der Waals surface area contributed by atoms with Crippen molar-refractivity contribution in [3.63, 3.8) is 0 Å². The molecule has 2 rings (SSSR count). The first-order valence-corrected chi connectivity index (χ1v) is 7.26. The molecule has 3 N–H and O–H groups in total. The van der Waals surface area contributed by atoms with E-state index in [1.807, 2.05) is 12.1 Å². The molecule has 0 heterocycles. The number of anilines is 1. The number of para-hydroxylation sites is 2. The lowest BCUT2D eigenvalue weighted by molar-refractivity contribution is -0.137. The summed E-state index contributed by atoms with van der Waals surface area (Å²) >= 11 is 0. The van der Waals surface area contributed by atoms with Gasteiger partial charge in [-0.05, 0) is 36.2 Å². The fourth-order valence-electron chi connectivity index (χ4n) is 2.09. The molecule has 25 heavy (non-hydrogen) atoms. The molecule has 2 aromatic carbocycles. The molecule has 136 valence electrons. The number of halogens is 4. The molecule has 0 aliphatic carbocycles. The number of nitrogens with zero attached hydrogens (tertiary/aromatic N) is 1. The van der Waals surface area contributed by atoms with Gasteiger partial charge in [-0.15, -0.1) is 24.0 Å². The number of hydrogen-bond acceptors (Lipinski definition) is 2. The Bertz CT molecular complexity index is 703. The molecule has 0 fully saturated rings. The molecule has 0 saturated carbocycles. The average Bonchev–Trinajstić information content (AvgIpc) is 2.55. The molecule has 8 heteroatoms. The smallest absolute Gasteiger partial charge is 0.416 e. The van der Waals surface area contributed by atoms with Crippen molar-refractivity contribution in [1.82, 2.24) is 0 Å². The van der Waals surface area contributed by atoms with Crippen molar-refractivity contribution in [2.24, 2.45) is 10.7 Å². The van der Waals surface area contributed by atoms with Gasteiger partial charge in [-0.3, -0.25) is 4.99 Å². The molecule has 0 saturated heterocycles. The molecule has 0 spiro atoms. The van der Waals surface area contributed by atoms with Gasteiger partial charge in [0, 0.05) is 6.54 Å². The van der Waals surface area contributed by atoms with E-state index in [1.54, 1.807) is 19.2 Å². The van der Waals surface area contributed by atoms with Crippen LogP contribution in [0.4, 0.5) is 18.9 Å². The van der Waals surface area contributed by atoms with E-state index in [-0.39, 0.29) is 29.9 Å². The summed E-state index contributed by atoms with van der Waals surface area (Å²) in [6.07, 6.45) is -3.83. The highest BCUT2D eigenvalue weighted by Crippen LogP contribution is 2.29. The summed E-state index contributed by atoms with van der Waals surface area (Å²) in [6, 6.07) is 12.3. The van der Waals surface area contributed by atoms with Crippen molar-refractivity contribution >= 4 is 35.6 Å². The minimum atomic E-state index is -4.32. The van der Waals surface area contributed by atoms with E-state index in [0.717, 1.165) is 17.7 Å². The molecular formula is C17H19F3IN3O. The molecule has 0 radical (unpaired) electrons.